The number of rotatable bonds is 8. The molecule has 1 saturated carbocycles. The molecule has 2 aliphatic rings. The molecule has 0 spiro atoms. The SMILES string of the molecule is NC(=O)c1ccc(S(=O)(=O)N2CCC(c3c4cc(C(c5ccc(Cl)cc5)c5ccc(Cl)cc5)ccc4nn3C3CC3)CC2)cc1F.O=C(O)C(F)(F)F. The molecule has 1 aromatic heterocycles. The second-order valence-corrected chi connectivity index (χ2v) is 15.7. The number of fused-ring (bicyclic) bond motifs is 1. The van der Waals surface area contributed by atoms with E-state index >= 15 is 0 Å². The molecular formula is C37H32Cl2F4N4O5S. The number of piperidine rings is 1. The Morgan fingerprint density at radius 1 is 0.830 bits per heavy atom. The van der Waals surface area contributed by atoms with Crippen LogP contribution in [0.25, 0.3) is 10.9 Å². The van der Waals surface area contributed by atoms with E-state index in [0.717, 1.165) is 58.3 Å². The fourth-order valence-electron chi connectivity index (χ4n) is 6.59. The van der Waals surface area contributed by atoms with Crippen molar-refractivity contribution in [2.24, 2.45) is 5.73 Å². The van der Waals surface area contributed by atoms with Gasteiger partial charge in [-0.05, 0) is 97.0 Å². The molecule has 9 nitrogen and oxygen atoms in total. The summed E-state index contributed by atoms with van der Waals surface area (Å²) < 4.78 is 76.7. The molecule has 0 radical (unpaired) electrons. The number of hydrogen-bond donors (Lipinski definition) is 2. The van der Waals surface area contributed by atoms with Gasteiger partial charge in [0.25, 0.3) is 5.91 Å². The van der Waals surface area contributed by atoms with Crippen LogP contribution >= 0.6 is 23.2 Å². The molecule has 1 amide bonds. The smallest absolute Gasteiger partial charge is 0.475 e. The lowest BCUT2D eigenvalue weighted by atomic mass is 9.84. The molecule has 278 valence electrons. The monoisotopic (exact) mass is 790 g/mol. The lowest BCUT2D eigenvalue weighted by Crippen LogP contribution is -2.38. The summed E-state index contributed by atoms with van der Waals surface area (Å²) in [5.41, 5.74) is 10.2. The number of nitrogens with zero attached hydrogens (tertiary/aromatic N) is 3. The highest BCUT2D eigenvalue weighted by molar-refractivity contribution is 7.89. The first-order valence-electron chi connectivity index (χ1n) is 16.5. The number of carboxylic acid groups (broad SMARTS) is 1. The minimum absolute atomic E-state index is 0.0654. The predicted molar refractivity (Wildman–Crippen MR) is 191 cm³/mol. The number of aromatic nitrogens is 2. The van der Waals surface area contributed by atoms with Gasteiger partial charge >= 0.3 is 12.1 Å². The van der Waals surface area contributed by atoms with Crippen LogP contribution in [0.4, 0.5) is 17.6 Å². The average Bonchev–Trinajstić information content (AvgIpc) is 3.89. The van der Waals surface area contributed by atoms with Crippen LogP contribution in [0.5, 0.6) is 0 Å². The normalized spacial score (nSPS) is 15.7. The van der Waals surface area contributed by atoms with Gasteiger partial charge in [-0.1, -0.05) is 53.5 Å². The lowest BCUT2D eigenvalue weighted by molar-refractivity contribution is -0.192. The number of nitrogens with two attached hydrogens (primary N) is 1. The van der Waals surface area contributed by atoms with E-state index in [1.54, 1.807) is 0 Å². The summed E-state index contributed by atoms with van der Waals surface area (Å²) in [6.45, 7) is 0.558. The number of hydrogen-bond acceptors (Lipinski definition) is 5. The number of aliphatic carboxylic acids is 1. The van der Waals surface area contributed by atoms with Crippen LogP contribution in [-0.2, 0) is 14.8 Å². The quantitative estimate of drug-likeness (QED) is 0.120. The molecule has 3 N–H and O–H groups in total. The summed E-state index contributed by atoms with van der Waals surface area (Å²) in [5.74, 6) is -4.63. The Morgan fingerprint density at radius 3 is 1.83 bits per heavy atom. The number of carbonyl (C=O) groups is 2. The topological polar surface area (TPSA) is 136 Å². The third kappa shape index (κ3) is 8.35. The number of carboxylic acids is 1. The average molecular weight is 792 g/mol. The number of sulfonamides is 1. The van der Waals surface area contributed by atoms with Gasteiger partial charge in [0.2, 0.25) is 10.0 Å². The van der Waals surface area contributed by atoms with E-state index in [9.17, 15) is 30.8 Å². The van der Waals surface area contributed by atoms with Crippen molar-refractivity contribution in [2.75, 3.05) is 13.1 Å². The van der Waals surface area contributed by atoms with Gasteiger partial charge in [-0.15, -0.1) is 0 Å². The van der Waals surface area contributed by atoms with E-state index in [2.05, 4.69) is 22.9 Å². The van der Waals surface area contributed by atoms with Crippen molar-refractivity contribution in [1.29, 1.82) is 0 Å². The highest BCUT2D eigenvalue weighted by Gasteiger charge is 2.38. The third-order valence-electron chi connectivity index (χ3n) is 9.32. The van der Waals surface area contributed by atoms with Gasteiger partial charge in [0.1, 0.15) is 5.82 Å². The van der Waals surface area contributed by atoms with Gasteiger partial charge in [-0.2, -0.15) is 22.6 Å². The molecule has 1 aliphatic carbocycles. The van der Waals surface area contributed by atoms with E-state index in [1.165, 1.54) is 10.4 Å². The van der Waals surface area contributed by atoms with Crippen LogP contribution < -0.4 is 5.73 Å². The predicted octanol–water partition coefficient (Wildman–Crippen LogP) is 8.30. The molecule has 1 aliphatic heterocycles. The van der Waals surface area contributed by atoms with Crippen LogP contribution in [0.3, 0.4) is 0 Å². The number of primary amides is 1. The van der Waals surface area contributed by atoms with Crippen molar-refractivity contribution in [3.05, 3.63) is 129 Å². The molecule has 1 saturated heterocycles. The number of alkyl halides is 3. The molecule has 0 unspecified atom stereocenters. The van der Waals surface area contributed by atoms with Crippen molar-refractivity contribution in [3.8, 4) is 0 Å². The fourth-order valence-corrected chi connectivity index (χ4v) is 8.32. The Hall–Kier alpha value is -4.50. The standard InChI is InChI=1S/C35H31Cl2FN4O3S.C2HF3O2/c36-25-6-1-21(2-7-25)33(22-3-8-26(37)9-4-22)24-5-14-32-30(19-24)34(42(40-32)27-10-11-27)23-15-17-41(18-16-23)46(44,45)28-12-13-29(35(39)43)31(38)20-28;3-2(4,5)1(6)7/h1-9,12-14,19-20,23,27,33H,10-11,15-18H2,(H2,39,43);(H,6,7). The van der Waals surface area contributed by atoms with Gasteiger partial charge in [-0.3, -0.25) is 9.48 Å². The second-order valence-electron chi connectivity index (χ2n) is 12.9. The first-order valence-corrected chi connectivity index (χ1v) is 18.7. The molecule has 2 heterocycles. The van der Waals surface area contributed by atoms with Gasteiger partial charge in [-0.25, -0.2) is 17.6 Å². The van der Waals surface area contributed by atoms with E-state index in [1.807, 2.05) is 48.5 Å². The third-order valence-corrected chi connectivity index (χ3v) is 11.7. The van der Waals surface area contributed by atoms with Gasteiger partial charge in [0, 0.05) is 46.1 Å². The molecule has 53 heavy (non-hydrogen) atoms. The Bertz CT molecular complexity index is 2230. The Morgan fingerprint density at radius 2 is 1.36 bits per heavy atom. The van der Waals surface area contributed by atoms with Crippen molar-refractivity contribution in [2.45, 2.75) is 54.6 Å². The maximum atomic E-state index is 14.5. The number of carbonyl (C=O) groups excluding carboxylic acids is 1. The van der Waals surface area contributed by atoms with Gasteiger partial charge in [0.15, 0.2) is 0 Å². The van der Waals surface area contributed by atoms with Crippen LogP contribution in [-0.4, -0.2) is 58.8 Å². The van der Waals surface area contributed by atoms with Gasteiger partial charge < -0.3 is 10.8 Å². The number of halogens is 6. The van der Waals surface area contributed by atoms with Crippen LogP contribution in [0.15, 0.2) is 89.8 Å². The first kappa shape index (κ1) is 38.2. The molecule has 4 aromatic carbocycles. The second kappa shape index (κ2) is 15.1. The summed E-state index contributed by atoms with van der Waals surface area (Å²) in [5, 5.41) is 14.6. The van der Waals surface area contributed by atoms with Crippen LogP contribution in [0.2, 0.25) is 10.0 Å². The molecule has 0 atom stereocenters. The van der Waals surface area contributed by atoms with Crippen molar-refractivity contribution in [1.82, 2.24) is 14.1 Å². The summed E-state index contributed by atoms with van der Waals surface area (Å²) in [6, 6.07) is 25.8. The van der Waals surface area contributed by atoms with Crippen molar-refractivity contribution < 1.29 is 40.7 Å². The van der Waals surface area contributed by atoms with E-state index in [0.29, 0.717) is 28.9 Å². The summed E-state index contributed by atoms with van der Waals surface area (Å²) in [6.07, 6.45) is -1.77. The first-order chi connectivity index (χ1) is 25.0. The summed E-state index contributed by atoms with van der Waals surface area (Å²) >= 11 is 12.5. The van der Waals surface area contributed by atoms with Crippen LogP contribution in [0.1, 0.15) is 76.3 Å². The maximum absolute atomic E-state index is 14.5. The lowest BCUT2D eigenvalue weighted by Gasteiger charge is -2.32. The zero-order valence-corrected chi connectivity index (χ0v) is 30.1. The fraction of sp³-hybridized carbons (Fsp3) is 0.270. The van der Waals surface area contributed by atoms with Crippen molar-refractivity contribution >= 4 is 56.0 Å². The Kier molecular flexibility index (Phi) is 10.9. The molecule has 7 rings (SSSR count). The zero-order chi connectivity index (χ0) is 38.2. The molecule has 0 bridgehead atoms. The molecule has 5 aromatic rings. The maximum Gasteiger partial charge on any atom is 0.490 e. The highest BCUT2D eigenvalue weighted by atomic mass is 35.5. The largest absolute Gasteiger partial charge is 0.490 e. The number of amides is 1. The van der Waals surface area contributed by atoms with E-state index in [-0.39, 0.29) is 35.4 Å². The molecular weight excluding hydrogens is 759 g/mol. The summed E-state index contributed by atoms with van der Waals surface area (Å²) in [7, 11) is -3.96. The van der Waals surface area contributed by atoms with Crippen LogP contribution in [0, 0.1) is 5.82 Å². The summed E-state index contributed by atoms with van der Waals surface area (Å²) in [4.78, 5) is 20.1. The van der Waals surface area contributed by atoms with Gasteiger partial charge in [0.05, 0.1) is 22.0 Å². The minimum Gasteiger partial charge on any atom is -0.475 e. The Balaban J connectivity index is 0.000000626. The zero-order valence-electron chi connectivity index (χ0n) is 27.7. The van der Waals surface area contributed by atoms with E-state index in [4.69, 9.17) is 43.9 Å². The molecule has 2 fully saturated rings. The van der Waals surface area contributed by atoms with Crippen molar-refractivity contribution in [3.63, 3.8) is 0 Å². The highest BCUT2D eigenvalue weighted by Crippen LogP contribution is 2.44. The minimum atomic E-state index is -5.08. The number of benzene rings is 4. The van der Waals surface area contributed by atoms with E-state index < -0.39 is 33.9 Å². The molecule has 16 heteroatoms. The Labute approximate surface area is 312 Å².